The molecule has 0 aromatic heterocycles. The van der Waals surface area contributed by atoms with Crippen LogP contribution in [-0.2, 0) is 0 Å². The molecular formula is C10H13BrN2. The molecule has 1 heterocycles. The first-order valence-corrected chi connectivity index (χ1v) is 5.35. The molecule has 0 unspecified atom stereocenters. The molecule has 1 atom stereocenters. The highest BCUT2D eigenvalue weighted by atomic mass is 79.9. The molecule has 1 aromatic rings. The highest BCUT2D eigenvalue weighted by Gasteiger charge is 2.13. The predicted molar refractivity (Wildman–Crippen MR) is 57.8 cm³/mol. The first-order valence-electron chi connectivity index (χ1n) is 4.56. The summed E-state index contributed by atoms with van der Waals surface area (Å²) in [5.74, 6) is 0. The molecule has 0 aliphatic carbocycles. The number of benzene rings is 1. The van der Waals surface area contributed by atoms with Crippen molar-refractivity contribution in [3.05, 3.63) is 34.3 Å². The normalized spacial score (nSPS) is 23.0. The average molecular weight is 241 g/mol. The van der Waals surface area contributed by atoms with E-state index in [9.17, 15) is 0 Å². The number of halogens is 1. The Hall–Kier alpha value is -0.380. The third kappa shape index (κ3) is 2.30. The number of hydrogen-bond donors (Lipinski definition) is 2. The fourth-order valence-electron chi connectivity index (χ4n) is 1.61. The van der Waals surface area contributed by atoms with Crippen molar-refractivity contribution in [3.63, 3.8) is 0 Å². The number of rotatable bonds is 1. The molecule has 2 nitrogen and oxygen atoms in total. The smallest absolute Gasteiger partial charge is 0.0447 e. The lowest BCUT2D eigenvalue weighted by Crippen LogP contribution is -2.42. The summed E-state index contributed by atoms with van der Waals surface area (Å²) >= 11 is 3.48. The average Bonchev–Trinajstić information content (AvgIpc) is 2.19. The Balaban J connectivity index is 2.14. The Kier molecular flexibility index (Phi) is 2.98. The molecule has 2 N–H and O–H groups in total. The summed E-state index contributed by atoms with van der Waals surface area (Å²) in [4.78, 5) is 0. The van der Waals surface area contributed by atoms with E-state index < -0.39 is 0 Å². The van der Waals surface area contributed by atoms with Gasteiger partial charge in [0.25, 0.3) is 0 Å². The Labute approximate surface area is 86.9 Å². The zero-order valence-corrected chi connectivity index (χ0v) is 8.97. The van der Waals surface area contributed by atoms with Gasteiger partial charge in [0.1, 0.15) is 0 Å². The Morgan fingerprint density at radius 2 is 2.23 bits per heavy atom. The Morgan fingerprint density at radius 3 is 2.92 bits per heavy atom. The fourth-order valence-corrected chi connectivity index (χ4v) is 2.03. The zero-order valence-electron chi connectivity index (χ0n) is 7.39. The van der Waals surface area contributed by atoms with E-state index in [-0.39, 0.29) is 0 Å². The van der Waals surface area contributed by atoms with Gasteiger partial charge in [-0.05, 0) is 17.7 Å². The van der Waals surface area contributed by atoms with Crippen LogP contribution in [0.1, 0.15) is 11.6 Å². The Bertz CT molecular complexity index is 282. The molecule has 1 saturated heterocycles. The van der Waals surface area contributed by atoms with E-state index in [0.29, 0.717) is 6.04 Å². The Morgan fingerprint density at radius 1 is 1.31 bits per heavy atom. The molecule has 0 saturated carbocycles. The van der Waals surface area contributed by atoms with Crippen molar-refractivity contribution in [2.75, 3.05) is 19.6 Å². The molecule has 13 heavy (non-hydrogen) atoms. The third-order valence-corrected chi connectivity index (χ3v) is 2.79. The van der Waals surface area contributed by atoms with Gasteiger partial charge >= 0.3 is 0 Å². The second kappa shape index (κ2) is 4.22. The van der Waals surface area contributed by atoms with Gasteiger partial charge in [0, 0.05) is 30.1 Å². The summed E-state index contributed by atoms with van der Waals surface area (Å²) in [7, 11) is 0. The summed E-state index contributed by atoms with van der Waals surface area (Å²) in [6.45, 7) is 3.15. The minimum atomic E-state index is 0.464. The summed E-state index contributed by atoms with van der Waals surface area (Å²) < 4.78 is 1.15. The van der Waals surface area contributed by atoms with Crippen molar-refractivity contribution in [3.8, 4) is 0 Å². The number of hydrogen-bond acceptors (Lipinski definition) is 2. The fraction of sp³-hybridized carbons (Fsp3) is 0.400. The third-order valence-electron chi connectivity index (χ3n) is 2.29. The van der Waals surface area contributed by atoms with Gasteiger partial charge in [-0.1, -0.05) is 28.1 Å². The van der Waals surface area contributed by atoms with Gasteiger partial charge < -0.3 is 10.6 Å². The highest BCUT2D eigenvalue weighted by Crippen LogP contribution is 2.18. The molecule has 1 aromatic carbocycles. The summed E-state index contributed by atoms with van der Waals surface area (Å²) in [6, 6.07) is 8.93. The van der Waals surface area contributed by atoms with Crippen molar-refractivity contribution in [2.45, 2.75) is 6.04 Å². The van der Waals surface area contributed by atoms with E-state index in [1.807, 2.05) is 0 Å². The van der Waals surface area contributed by atoms with Crippen LogP contribution in [0.4, 0.5) is 0 Å². The molecule has 1 aliphatic rings. The topological polar surface area (TPSA) is 24.1 Å². The first-order chi connectivity index (χ1) is 6.36. The summed E-state index contributed by atoms with van der Waals surface area (Å²) in [5, 5.41) is 6.85. The van der Waals surface area contributed by atoms with Crippen molar-refractivity contribution >= 4 is 15.9 Å². The monoisotopic (exact) mass is 240 g/mol. The molecule has 1 fully saturated rings. The molecule has 2 rings (SSSR count). The second-order valence-corrected chi connectivity index (χ2v) is 4.18. The minimum Gasteiger partial charge on any atom is -0.314 e. The lowest BCUT2D eigenvalue weighted by atomic mass is 10.1. The van der Waals surface area contributed by atoms with Crippen LogP contribution in [0, 0.1) is 0 Å². The van der Waals surface area contributed by atoms with Crippen LogP contribution < -0.4 is 10.6 Å². The summed E-state index contributed by atoms with van der Waals surface area (Å²) in [6.07, 6.45) is 0. The van der Waals surface area contributed by atoms with E-state index in [0.717, 1.165) is 24.1 Å². The lowest BCUT2D eigenvalue weighted by molar-refractivity contribution is 0.430. The van der Waals surface area contributed by atoms with Crippen molar-refractivity contribution < 1.29 is 0 Å². The quantitative estimate of drug-likeness (QED) is 0.781. The first kappa shape index (κ1) is 9.19. The van der Waals surface area contributed by atoms with Gasteiger partial charge in [-0.25, -0.2) is 0 Å². The van der Waals surface area contributed by atoms with Crippen molar-refractivity contribution in [2.24, 2.45) is 0 Å². The molecule has 0 amide bonds. The van der Waals surface area contributed by atoms with Crippen molar-refractivity contribution in [1.29, 1.82) is 0 Å². The van der Waals surface area contributed by atoms with E-state index in [1.165, 1.54) is 5.56 Å². The number of nitrogens with one attached hydrogen (secondary N) is 2. The molecule has 0 bridgehead atoms. The van der Waals surface area contributed by atoms with E-state index in [4.69, 9.17) is 0 Å². The highest BCUT2D eigenvalue weighted by molar-refractivity contribution is 9.10. The molecule has 0 radical (unpaired) electrons. The van der Waals surface area contributed by atoms with Crippen LogP contribution in [0.2, 0.25) is 0 Å². The van der Waals surface area contributed by atoms with Gasteiger partial charge in [-0.15, -0.1) is 0 Å². The van der Waals surface area contributed by atoms with Crippen LogP contribution in [0.25, 0.3) is 0 Å². The van der Waals surface area contributed by atoms with Crippen LogP contribution in [-0.4, -0.2) is 19.6 Å². The predicted octanol–water partition coefficient (Wildman–Crippen LogP) is 1.68. The lowest BCUT2D eigenvalue weighted by Gasteiger charge is -2.24. The maximum Gasteiger partial charge on any atom is 0.0447 e. The van der Waals surface area contributed by atoms with Gasteiger partial charge in [0.05, 0.1) is 0 Å². The van der Waals surface area contributed by atoms with E-state index in [1.54, 1.807) is 0 Å². The molecule has 3 heteroatoms. The van der Waals surface area contributed by atoms with E-state index >= 15 is 0 Å². The maximum atomic E-state index is 3.48. The minimum absolute atomic E-state index is 0.464. The second-order valence-electron chi connectivity index (χ2n) is 3.27. The van der Waals surface area contributed by atoms with Gasteiger partial charge in [-0.3, -0.25) is 0 Å². The van der Waals surface area contributed by atoms with Crippen LogP contribution in [0.5, 0.6) is 0 Å². The van der Waals surface area contributed by atoms with Gasteiger partial charge in [-0.2, -0.15) is 0 Å². The van der Waals surface area contributed by atoms with Gasteiger partial charge in [0.2, 0.25) is 0 Å². The van der Waals surface area contributed by atoms with Gasteiger partial charge in [0.15, 0.2) is 0 Å². The zero-order chi connectivity index (χ0) is 9.10. The van der Waals surface area contributed by atoms with Crippen molar-refractivity contribution in [1.82, 2.24) is 10.6 Å². The largest absolute Gasteiger partial charge is 0.314 e. The number of piperazine rings is 1. The molecule has 0 spiro atoms. The van der Waals surface area contributed by atoms with Crippen LogP contribution >= 0.6 is 15.9 Å². The standard InChI is InChI=1S/C10H13BrN2/c11-9-3-1-2-8(6-9)10-7-12-4-5-13-10/h1-3,6,10,12-13H,4-5,7H2/t10-/m1/s1. The molecule has 70 valence electrons. The molecule has 1 aliphatic heterocycles. The maximum absolute atomic E-state index is 3.48. The molecular weight excluding hydrogens is 228 g/mol. The van der Waals surface area contributed by atoms with E-state index in [2.05, 4.69) is 50.8 Å². The SMILES string of the molecule is Brc1cccc([C@H]2CNCCN2)c1. The van der Waals surface area contributed by atoms with Crippen LogP contribution in [0.15, 0.2) is 28.7 Å². The summed E-state index contributed by atoms with van der Waals surface area (Å²) in [5.41, 5.74) is 1.35. The van der Waals surface area contributed by atoms with Crippen LogP contribution in [0.3, 0.4) is 0 Å².